The van der Waals surface area contributed by atoms with Crippen molar-refractivity contribution in [1.82, 2.24) is 9.80 Å². The molecule has 29 heavy (non-hydrogen) atoms. The first kappa shape index (κ1) is 20.0. The molecule has 0 aromatic heterocycles. The zero-order valence-electron chi connectivity index (χ0n) is 16.1. The number of hydrogen-bond donors (Lipinski definition) is 0. The van der Waals surface area contributed by atoms with Crippen molar-refractivity contribution < 1.29 is 8.78 Å². The number of nitrogens with zero attached hydrogens (tertiary/aromatic N) is 2. The molecule has 150 valence electrons. The monoisotopic (exact) mass is 412 g/mol. The molecule has 0 saturated carbocycles. The molecular formula is C24H23ClF2N2. The van der Waals surface area contributed by atoms with Gasteiger partial charge in [0.15, 0.2) is 0 Å². The molecule has 0 spiro atoms. The Morgan fingerprint density at radius 2 is 1.48 bits per heavy atom. The average Bonchev–Trinajstić information content (AvgIpc) is 2.71. The zero-order chi connectivity index (χ0) is 20.2. The fourth-order valence-electron chi connectivity index (χ4n) is 4.06. The average molecular weight is 413 g/mol. The van der Waals surface area contributed by atoms with Gasteiger partial charge in [-0.1, -0.05) is 54.1 Å². The lowest BCUT2D eigenvalue weighted by atomic mass is 10.0. The maximum atomic E-state index is 14.8. The van der Waals surface area contributed by atoms with E-state index in [4.69, 9.17) is 11.6 Å². The summed E-state index contributed by atoms with van der Waals surface area (Å²) in [5.41, 5.74) is 2.77. The van der Waals surface area contributed by atoms with E-state index in [0.29, 0.717) is 23.7 Å². The topological polar surface area (TPSA) is 6.48 Å². The van der Waals surface area contributed by atoms with Gasteiger partial charge in [-0.05, 0) is 47.9 Å². The standard InChI is InChI=1S/C24H23ClF2N2/c25-20-6-3-5-19(15-20)17-29-14-4-13-28(16-18-9-11-21(26)12-10-18)24(29)22-7-1-2-8-23(22)27/h1-3,5-12,15,24H,4,13-14,16-17H2. The molecule has 3 aromatic rings. The molecule has 0 radical (unpaired) electrons. The van der Waals surface area contributed by atoms with E-state index in [2.05, 4.69) is 9.80 Å². The molecule has 0 N–H and O–H groups in total. The van der Waals surface area contributed by atoms with Crippen LogP contribution in [0.3, 0.4) is 0 Å². The van der Waals surface area contributed by atoms with E-state index in [0.717, 1.165) is 30.6 Å². The van der Waals surface area contributed by atoms with Gasteiger partial charge in [0.25, 0.3) is 0 Å². The van der Waals surface area contributed by atoms with Crippen molar-refractivity contribution in [3.05, 3.63) is 106 Å². The number of hydrogen-bond acceptors (Lipinski definition) is 2. The molecule has 1 heterocycles. The van der Waals surface area contributed by atoms with Crippen LogP contribution in [0.2, 0.25) is 5.02 Å². The van der Waals surface area contributed by atoms with Gasteiger partial charge in [0.05, 0.1) is 6.17 Å². The van der Waals surface area contributed by atoms with E-state index < -0.39 is 0 Å². The number of halogens is 3. The van der Waals surface area contributed by atoms with Gasteiger partial charge in [0.2, 0.25) is 0 Å². The van der Waals surface area contributed by atoms with Gasteiger partial charge in [-0.2, -0.15) is 0 Å². The number of benzene rings is 3. The molecule has 4 rings (SSSR count). The third-order valence-electron chi connectivity index (χ3n) is 5.34. The van der Waals surface area contributed by atoms with Gasteiger partial charge in [0.1, 0.15) is 11.6 Å². The van der Waals surface area contributed by atoms with Crippen LogP contribution in [0, 0.1) is 11.6 Å². The minimum absolute atomic E-state index is 0.200. The molecule has 5 heteroatoms. The third kappa shape index (κ3) is 4.84. The zero-order valence-corrected chi connectivity index (χ0v) is 16.8. The molecular weight excluding hydrogens is 390 g/mol. The van der Waals surface area contributed by atoms with E-state index in [-0.39, 0.29) is 17.8 Å². The molecule has 1 fully saturated rings. The van der Waals surface area contributed by atoms with E-state index in [1.54, 1.807) is 18.2 Å². The van der Waals surface area contributed by atoms with Crippen molar-refractivity contribution in [1.29, 1.82) is 0 Å². The fraction of sp³-hybridized carbons (Fsp3) is 0.250. The van der Waals surface area contributed by atoms with Gasteiger partial charge in [-0.15, -0.1) is 0 Å². The molecule has 3 aromatic carbocycles. The second-order valence-corrected chi connectivity index (χ2v) is 7.88. The summed E-state index contributed by atoms with van der Waals surface area (Å²) >= 11 is 6.17. The van der Waals surface area contributed by atoms with Gasteiger partial charge < -0.3 is 0 Å². The van der Waals surface area contributed by atoms with Crippen molar-refractivity contribution in [3.8, 4) is 0 Å². The van der Waals surface area contributed by atoms with Crippen LogP contribution in [0.1, 0.15) is 29.3 Å². The molecule has 0 amide bonds. The Morgan fingerprint density at radius 3 is 2.17 bits per heavy atom. The summed E-state index contributed by atoms with van der Waals surface area (Å²) < 4.78 is 28.1. The highest BCUT2D eigenvalue weighted by atomic mass is 35.5. The van der Waals surface area contributed by atoms with Gasteiger partial charge >= 0.3 is 0 Å². The highest BCUT2D eigenvalue weighted by Crippen LogP contribution is 2.33. The summed E-state index contributed by atoms with van der Waals surface area (Å²) in [6.45, 7) is 3.03. The lowest BCUT2D eigenvalue weighted by Crippen LogP contribution is -2.47. The quantitative estimate of drug-likeness (QED) is 0.505. The fourth-order valence-corrected chi connectivity index (χ4v) is 4.27. The molecule has 0 bridgehead atoms. The Labute approximate surface area is 175 Å². The van der Waals surface area contributed by atoms with E-state index >= 15 is 0 Å². The molecule has 1 atom stereocenters. The van der Waals surface area contributed by atoms with Crippen LogP contribution in [0.4, 0.5) is 8.78 Å². The minimum Gasteiger partial charge on any atom is -0.280 e. The predicted octanol–water partition coefficient (Wildman–Crippen LogP) is 6.02. The van der Waals surface area contributed by atoms with Crippen molar-refractivity contribution in [2.75, 3.05) is 13.1 Å². The molecule has 0 aliphatic carbocycles. The van der Waals surface area contributed by atoms with Crippen LogP contribution in [-0.4, -0.2) is 22.9 Å². The summed E-state index contributed by atoms with van der Waals surface area (Å²) in [4.78, 5) is 4.55. The summed E-state index contributed by atoms with van der Waals surface area (Å²) in [7, 11) is 0. The van der Waals surface area contributed by atoms with Crippen molar-refractivity contribution >= 4 is 11.6 Å². The summed E-state index contributed by atoms with van der Waals surface area (Å²) in [5, 5.41) is 0.699. The minimum atomic E-state index is -0.249. The van der Waals surface area contributed by atoms with Crippen LogP contribution in [0.5, 0.6) is 0 Å². The molecule has 2 nitrogen and oxygen atoms in total. The highest BCUT2D eigenvalue weighted by molar-refractivity contribution is 6.30. The summed E-state index contributed by atoms with van der Waals surface area (Å²) in [5.74, 6) is -0.458. The Bertz CT molecular complexity index is 961. The Morgan fingerprint density at radius 1 is 0.793 bits per heavy atom. The first-order chi connectivity index (χ1) is 14.1. The van der Waals surface area contributed by atoms with Gasteiger partial charge in [-0.3, -0.25) is 9.80 Å². The van der Waals surface area contributed by atoms with Crippen LogP contribution in [-0.2, 0) is 13.1 Å². The van der Waals surface area contributed by atoms with Crippen LogP contribution < -0.4 is 0 Å². The van der Waals surface area contributed by atoms with Crippen molar-refractivity contribution in [2.45, 2.75) is 25.7 Å². The van der Waals surface area contributed by atoms with E-state index in [1.165, 1.54) is 18.2 Å². The number of rotatable bonds is 5. The lowest BCUT2D eigenvalue weighted by molar-refractivity contribution is -0.0111. The SMILES string of the molecule is Fc1ccc(CN2CCCN(Cc3cccc(Cl)c3)C2c2ccccc2F)cc1. The molecule has 1 aliphatic heterocycles. The van der Waals surface area contributed by atoms with Crippen molar-refractivity contribution in [2.24, 2.45) is 0 Å². The van der Waals surface area contributed by atoms with Crippen molar-refractivity contribution in [3.63, 3.8) is 0 Å². The van der Waals surface area contributed by atoms with Gasteiger partial charge in [-0.25, -0.2) is 8.78 Å². The van der Waals surface area contributed by atoms with E-state index in [9.17, 15) is 8.78 Å². The summed E-state index contributed by atoms with van der Waals surface area (Å²) in [6.07, 6.45) is 0.779. The Hall–Kier alpha value is -2.27. The Kier molecular flexibility index (Phi) is 6.24. The van der Waals surface area contributed by atoms with Crippen LogP contribution in [0.15, 0.2) is 72.8 Å². The normalized spacial score (nSPS) is 18.1. The maximum Gasteiger partial charge on any atom is 0.129 e. The largest absolute Gasteiger partial charge is 0.280 e. The molecule has 1 unspecified atom stereocenters. The maximum absolute atomic E-state index is 14.8. The second kappa shape index (κ2) is 9.04. The van der Waals surface area contributed by atoms with Crippen LogP contribution in [0.25, 0.3) is 0 Å². The smallest absolute Gasteiger partial charge is 0.129 e. The van der Waals surface area contributed by atoms with E-state index in [1.807, 2.05) is 36.4 Å². The van der Waals surface area contributed by atoms with Gasteiger partial charge in [0, 0.05) is 36.8 Å². The molecule has 1 saturated heterocycles. The van der Waals surface area contributed by atoms with Crippen LogP contribution >= 0.6 is 11.6 Å². The molecule has 1 aliphatic rings. The third-order valence-corrected chi connectivity index (χ3v) is 5.57. The first-order valence-corrected chi connectivity index (χ1v) is 10.2. The highest BCUT2D eigenvalue weighted by Gasteiger charge is 2.32. The lowest BCUT2D eigenvalue weighted by Gasteiger charge is -2.44. The summed E-state index contributed by atoms with van der Waals surface area (Å²) in [6, 6.07) is 21.3. The second-order valence-electron chi connectivity index (χ2n) is 7.45. The Balaban J connectivity index is 1.66. The first-order valence-electron chi connectivity index (χ1n) is 9.81. The predicted molar refractivity (Wildman–Crippen MR) is 112 cm³/mol.